The Morgan fingerprint density at radius 1 is 1.19 bits per heavy atom. The maximum atomic E-state index is 13.7. The Kier molecular flexibility index (Phi) is 6.06. The third-order valence-electron chi connectivity index (χ3n) is 4.31. The monoisotopic (exact) mass is 370 g/mol. The number of rotatable bonds is 8. The molecule has 1 saturated carbocycles. The summed E-state index contributed by atoms with van der Waals surface area (Å²) in [6, 6.07) is 13.3. The first-order valence-electron chi connectivity index (χ1n) is 9.08. The first-order chi connectivity index (χ1) is 13.0. The first kappa shape index (κ1) is 18.9. The maximum Gasteiger partial charge on any atom is 0.258 e. The quantitative estimate of drug-likeness (QED) is 0.749. The summed E-state index contributed by atoms with van der Waals surface area (Å²) in [6.07, 6.45) is 2.28. The van der Waals surface area contributed by atoms with Gasteiger partial charge < -0.3 is 15.4 Å². The van der Waals surface area contributed by atoms with E-state index in [1.54, 1.807) is 42.5 Å². The zero-order valence-corrected chi connectivity index (χ0v) is 15.2. The minimum absolute atomic E-state index is 0.0202. The number of nitrogens with one attached hydrogen (secondary N) is 2. The minimum atomic E-state index is -0.286. The largest absolute Gasteiger partial charge is 0.484 e. The van der Waals surface area contributed by atoms with Gasteiger partial charge in [-0.2, -0.15) is 0 Å². The van der Waals surface area contributed by atoms with E-state index in [1.807, 2.05) is 6.92 Å². The van der Waals surface area contributed by atoms with Crippen molar-refractivity contribution in [3.8, 4) is 5.75 Å². The van der Waals surface area contributed by atoms with Crippen LogP contribution in [0.5, 0.6) is 5.75 Å². The highest BCUT2D eigenvalue weighted by molar-refractivity contribution is 5.94. The van der Waals surface area contributed by atoms with Gasteiger partial charge in [-0.1, -0.05) is 24.3 Å². The molecule has 27 heavy (non-hydrogen) atoms. The fourth-order valence-corrected chi connectivity index (χ4v) is 2.76. The van der Waals surface area contributed by atoms with Gasteiger partial charge in [-0.05, 0) is 49.9 Å². The summed E-state index contributed by atoms with van der Waals surface area (Å²) < 4.78 is 19.2. The molecule has 2 aromatic carbocycles. The van der Waals surface area contributed by atoms with Gasteiger partial charge in [0.05, 0.1) is 0 Å². The molecule has 6 heteroatoms. The Bertz CT molecular complexity index is 821. The van der Waals surface area contributed by atoms with Gasteiger partial charge in [0.25, 0.3) is 5.91 Å². The minimum Gasteiger partial charge on any atom is -0.484 e. The SMILES string of the molecule is CC(Cc1ccccc1F)NC(=O)COc1cccc(NC(=O)C2CC2)c1. The molecule has 2 amide bonds. The van der Waals surface area contributed by atoms with Crippen LogP contribution < -0.4 is 15.4 Å². The molecule has 1 fully saturated rings. The van der Waals surface area contributed by atoms with Crippen molar-refractivity contribution in [2.45, 2.75) is 32.2 Å². The molecule has 0 aromatic heterocycles. The Labute approximate surface area is 157 Å². The van der Waals surface area contributed by atoms with E-state index < -0.39 is 0 Å². The molecule has 5 nitrogen and oxygen atoms in total. The van der Waals surface area contributed by atoms with E-state index in [-0.39, 0.29) is 36.2 Å². The number of hydrogen-bond donors (Lipinski definition) is 2. The van der Waals surface area contributed by atoms with E-state index >= 15 is 0 Å². The summed E-state index contributed by atoms with van der Waals surface area (Å²) in [4.78, 5) is 23.9. The molecular weight excluding hydrogens is 347 g/mol. The van der Waals surface area contributed by atoms with E-state index in [0.29, 0.717) is 23.4 Å². The van der Waals surface area contributed by atoms with Gasteiger partial charge in [0.15, 0.2) is 6.61 Å². The van der Waals surface area contributed by atoms with Gasteiger partial charge in [-0.15, -0.1) is 0 Å². The Hall–Kier alpha value is -2.89. The van der Waals surface area contributed by atoms with E-state index in [0.717, 1.165) is 12.8 Å². The topological polar surface area (TPSA) is 67.4 Å². The van der Waals surface area contributed by atoms with Gasteiger partial charge in [-0.3, -0.25) is 9.59 Å². The lowest BCUT2D eigenvalue weighted by Gasteiger charge is -2.15. The number of benzene rings is 2. The second-order valence-corrected chi connectivity index (χ2v) is 6.84. The number of amides is 2. The number of carbonyl (C=O) groups excluding carboxylic acids is 2. The number of anilines is 1. The van der Waals surface area contributed by atoms with Crippen LogP contribution in [0.1, 0.15) is 25.3 Å². The van der Waals surface area contributed by atoms with Crippen molar-refractivity contribution >= 4 is 17.5 Å². The van der Waals surface area contributed by atoms with Gasteiger partial charge >= 0.3 is 0 Å². The van der Waals surface area contributed by atoms with Crippen LogP contribution in [-0.4, -0.2) is 24.5 Å². The summed E-state index contributed by atoms with van der Waals surface area (Å²) in [5, 5.41) is 5.64. The van der Waals surface area contributed by atoms with Crippen LogP contribution >= 0.6 is 0 Å². The second-order valence-electron chi connectivity index (χ2n) is 6.84. The summed E-state index contributed by atoms with van der Waals surface area (Å²) in [5.41, 5.74) is 1.21. The van der Waals surface area contributed by atoms with E-state index in [1.165, 1.54) is 6.07 Å². The highest BCUT2D eigenvalue weighted by Gasteiger charge is 2.29. The van der Waals surface area contributed by atoms with Crippen molar-refractivity contribution in [2.24, 2.45) is 5.92 Å². The molecule has 2 N–H and O–H groups in total. The maximum absolute atomic E-state index is 13.7. The average Bonchev–Trinajstić information content (AvgIpc) is 3.47. The van der Waals surface area contributed by atoms with Crippen molar-refractivity contribution in [3.63, 3.8) is 0 Å². The van der Waals surface area contributed by atoms with E-state index in [2.05, 4.69) is 10.6 Å². The Morgan fingerprint density at radius 3 is 2.70 bits per heavy atom. The number of carbonyl (C=O) groups is 2. The fourth-order valence-electron chi connectivity index (χ4n) is 2.76. The third kappa shape index (κ3) is 5.81. The van der Waals surface area contributed by atoms with Crippen LogP contribution in [0.4, 0.5) is 10.1 Å². The lowest BCUT2D eigenvalue weighted by molar-refractivity contribution is -0.123. The number of halogens is 1. The van der Waals surface area contributed by atoms with Crippen molar-refractivity contribution in [2.75, 3.05) is 11.9 Å². The normalized spacial score (nSPS) is 14.3. The predicted octanol–water partition coefficient (Wildman–Crippen LogP) is 3.30. The van der Waals surface area contributed by atoms with Crippen LogP contribution in [0.2, 0.25) is 0 Å². The zero-order valence-electron chi connectivity index (χ0n) is 15.2. The lowest BCUT2D eigenvalue weighted by Crippen LogP contribution is -2.37. The van der Waals surface area contributed by atoms with Gasteiger partial charge in [0.1, 0.15) is 11.6 Å². The fraction of sp³-hybridized carbons (Fsp3) is 0.333. The summed E-state index contributed by atoms with van der Waals surface area (Å²) >= 11 is 0. The highest BCUT2D eigenvalue weighted by atomic mass is 19.1. The molecule has 0 spiro atoms. The first-order valence-corrected chi connectivity index (χ1v) is 9.08. The standard InChI is InChI=1S/C21H23FN2O3/c1-14(11-16-5-2-3-8-19(16)22)23-20(25)13-27-18-7-4-6-17(12-18)24-21(26)15-9-10-15/h2-8,12,14-15H,9-11,13H2,1H3,(H,23,25)(H,24,26). The summed E-state index contributed by atoms with van der Waals surface area (Å²) in [6.45, 7) is 1.67. The highest BCUT2D eigenvalue weighted by Crippen LogP contribution is 2.30. The molecule has 1 atom stereocenters. The Balaban J connectivity index is 1.45. The molecule has 0 heterocycles. The van der Waals surface area contributed by atoms with E-state index in [9.17, 15) is 14.0 Å². The van der Waals surface area contributed by atoms with Crippen LogP contribution in [0.25, 0.3) is 0 Å². The van der Waals surface area contributed by atoms with Crippen molar-refractivity contribution in [3.05, 3.63) is 59.9 Å². The van der Waals surface area contributed by atoms with Gasteiger partial charge in [0.2, 0.25) is 5.91 Å². The molecule has 3 rings (SSSR count). The molecule has 1 aliphatic rings. The lowest BCUT2D eigenvalue weighted by atomic mass is 10.1. The zero-order chi connectivity index (χ0) is 19.2. The molecule has 1 aliphatic carbocycles. The molecule has 0 aliphatic heterocycles. The van der Waals surface area contributed by atoms with Crippen LogP contribution in [0, 0.1) is 11.7 Å². The molecule has 0 saturated heterocycles. The molecule has 0 bridgehead atoms. The van der Waals surface area contributed by atoms with Gasteiger partial charge in [-0.25, -0.2) is 4.39 Å². The second kappa shape index (κ2) is 8.66. The number of hydrogen-bond acceptors (Lipinski definition) is 3. The average molecular weight is 370 g/mol. The van der Waals surface area contributed by atoms with Gasteiger partial charge in [0, 0.05) is 23.7 Å². The molecule has 142 valence electrons. The molecular formula is C21H23FN2O3. The predicted molar refractivity (Wildman–Crippen MR) is 101 cm³/mol. The van der Waals surface area contributed by atoms with Crippen molar-refractivity contribution in [1.29, 1.82) is 0 Å². The molecule has 1 unspecified atom stereocenters. The summed E-state index contributed by atoms with van der Waals surface area (Å²) in [7, 11) is 0. The smallest absolute Gasteiger partial charge is 0.258 e. The van der Waals surface area contributed by atoms with Crippen LogP contribution in [0.3, 0.4) is 0 Å². The Morgan fingerprint density at radius 2 is 1.96 bits per heavy atom. The molecule has 0 radical (unpaired) electrons. The van der Waals surface area contributed by atoms with Crippen molar-refractivity contribution < 1.29 is 18.7 Å². The molecule has 2 aromatic rings. The van der Waals surface area contributed by atoms with Crippen LogP contribution in [0.15, 0.2) is 48.5 Å². The van der Waals surface area contributed by atoms with Crippen LogP contribution in [-0.2, 0) is 16.0 Å². The third-order valence-corrected chi connectivity index (χ3v) is 4.31. The number of ether oxygens (including phenoxy) is 1. The van der Waals surface area contributed by atoms with Crippen molar-refractivity contribution in [1.82, 2.24) is 5.32 Å². The summed E-state index contributed by atoms with van der Waals surface area (Å²) in [5.74, 6) is 0.0785. The van der Waals surface area contributed by atoms with E-state index in [4.69, 9.17) is 4.74 Å².